The Morgan fingerprint density at radius 2 is 1.16 bits per heavy atom. The van der Waals surface area contributed by atoms with Crippen LogP contribution in [-0.4, -0.2) is 11.2 Å². The maximum Gasteiger partial charge on any atom is 0.0674 e. The molecule has 132 valence electrons. The lowest BCUT2D eigenvalue weighted by molar-refractivity contribution is -0.121. The van der Waals surface area contributed by atoms with Crippen molar-refractivity contribution in [2.24, 2.45) is 0 Å². The Hall–Kier alpha value is -2.12. The normalized spacial score (nSPS) is 12.0. The van der Waals surface area contributed by atoms with Crippen LogP contribution in [0.25, 0.3) is 12.2 Å². The Labute approximate surface area is 153 Å². The molecule has 2 rings (SSSR count). The van der Waals surface area contributed by atoms with E-state index in [1.165, 1.54) is 11.1 Å². The largest absolute Gasteiger partial charge is 0.369 e. The van der Waals surface area contributed by atoms with Crippen molar-refractivity contribution in [1.82, 2.24) is 0 Å². The van der Waals surface area contributed by atoms with E-state index in [1.807, 2.05) is 12.2 Å². The van der Waals surface area contributed by atoms with Gasteiger partial charge in [-0.25, -0.2) is 0 Å². The first-order valence-electron chi connectivity index (χ1n) is 8.86. The topological polar surface area (TPSA) is 9.23 Å². The van der Waals surface area contributed by atoms with Gasteiger partial charge in [-0.2, -0.15) is 0 Å². The Kier molecular flexibility index (Phi) is 6.02. The molecule has 1 nitrogen and oxygen atoms in total. The van der Waals surface area contributed by atoms with Crippen LogP contribution in [-0.2, 0) is 17.6 Å². The number of rotatable bonds is 8. The van der Waals surface area contributed by atoms with Crippen LogP contribution in [0.15, 0.2) is 61.7 Å². The second kappa shape index (κ2) is 7.84. The molecule has 0 atom stereocenters. The Morgan fingerprint density at radius 1 is 0.760 bits per heavy atom. The molecule has 25 heavy (non-hydrogen) atoms. The molecule has 0 unspecified atom stereocenters. The maximum absolute atomic E-state index is 6.53. The average molecular weight is 335 g/mol. The Bertz CT molecular complexity index is 674. The van der Waals surface area contributed by atoms with E-state index in [4.69, 9.17) is 4.74 Å². The lowest BCUT2D eigenvalue weighted by atomic mass is 9.93. The molecule has 0 fully saturated rings. The number of ether oxygens (including phenoxy) is 1. The van der Waals surface area contributed by atoms with Gasteiger partial charge in [0.05, 0.1) is 11.2 Å². The minimum atomic E-state index is -0.251. The zero-order chi connectivity index (χ0) is 18.5. The first-order chi connectivity index (χ1) is 11.7. The third-order valence-electron chi connectivity index (χ3n) is 4.19. The molecule has 2 aromatic carbocycles. The second-order valence-corrected chi connectivity index (χ2v) is 7.87. The summed E-state index contributed by atoms with van der Waals surface area (Å²) in [6, 6.07) is 17.0. The fraction of sp³-hybridized carbons (Fsp3) is 0.333. The maximum atomic E-state index is 6.53. The summed E-state index contributed by atoms with van der Waals surface area (Å²) in [7, 11) is 0. The summed E-state index contributed by atoms with van der Waals surface area (Å²) >= 11 is 0. The first-order valence-corrected chi connectivity index (χ1v) is 8.86. The predicted molar refractivity (Wildman–Crippen MR) is 110 cm³/mol. The van der Waals surface area contributed by atoms with Crippen LogP contribution in [0.5, 0.6) is 0 Å². The molecular weight excluding hydrogens is 304 g/mol. The molecule has 0 heterocycles. The van der Waals surface area contributed by atoms with Gasteiger partial charge in [0, 0.05) is 12.8 Å². The zero-order valence-electron chi connectivity index (χ0n) is 16.0. The molecule has 0 aliphatic carbocycles. The van der Waals surface area contributed by atoms with Crippen molar-refractivity contribution in [3.05, 3.63) is 83.9 Å². The van der Waals surface area contributed by atoms with Gasteiger partial charge in [0.15, 0.2) is 0 Å². The van der Waals surface area contributed by atoms with Gasteiger partial charge in [0.25, 0.3) is 0 Å². The third-order valence-corrected chi connectivity index (χ3v) is 4.19. The van der Waals surface area contributed by atoms with E-state index in [2.05, 4.69) is 89.4 Å². The van der Waals surface area contributed by atoms with Crippen molar-refractivity contribution in [1.29, 1.82) is 0 Å². The van der Waals surface area contributed by atoms with E-state index in [-0.39, 0.29) is 11.2 Å². The highest BCUT2D eigenvalue weighted by molar-refractivity contribution is 5.48. The zero-order valence-corrected chi connectivity index (χ0v) is 16.0. The van der Waals surface area contributed by atoms with Crippen LogP contribution in [0.3, 0.4) is 0 Å². The van der Waals surface area contributed by atoms with Gasteiger partial charge < -0.3 is 4.74 Å². The quantitative estimate of drug-likeness (QED) is 0.548. The summed E-state index contributed by atoms with van der Waals surface area (Å²) in [5.41, 5.74) is 4.33. The van der Waals surface area contributed by atoms with Crippen LogP contribution in [0.2, 0.25) is 0 Å². The average Bonchev–Trinajstić information content (AvgIpc) is 2.53. The molecule has 0 spiro atoms. The summed E-state index contributed by atoms with van der Waals surface area (Å²) in [6.45, 7) is 16.3. The van der Waals surface area contributed by atoms with E-state index >= 15 is 0 Å². The fourth-order valence-electron chi connectivity index (χ4n) is 3.46. The van der Waals surface area contributed by atoms with Crippen molar-refractivity contribution in [2.75, 3.05) is 0 Å². The Balaban J connectivity index is 2.08. The van der Waals surface area contributed by atoms with Crippen molar-refractivity contribution in [3.8, 4) is 0 Å². The van der Waals surface area contributed by atoms with Gasteiger partial charge in [-0.15, -0.1) is 0 Å². The number of benzene rings is 2. The molecule has 0 saturated heterocycles. The molecule has 0 N–H and O–H groups in total. The fourth-order valence-corrected chi connectivity index (χ4v) is 3.46. The highest BCUT2D eigenvalue weighted by Gasteiger charge is 2.29. The highest BCUT2D eigenvalue weighted by atomic mass is 16.5. The molecule has 0 bridgehead atoms. The van der Waals surface area contributed by atoms with Gasteiger partial charge in [-0.05, 0) is 49.9 Å². The molecule has 0 aromatic heterocycles. The molecular formula is C24H30O. The molecule has 0 radical (unpaired) electrons. The predicted octanol–water partition coefficient (Wildman–Crippen LogP) is 6.33. The van der Waals surface area contributed by atoms with Crippen molar-refractivity contribution in [2.45, 2.75) is 51.7 Å². The van der Waals surface area contributed by atoms with E-state index in [1.54, 1.807) is 0 Å². The van der Waals surface area contributed by atoms with E-state index in [9.17, 15) is 0 Å². The monoisotopic (exact) mass is 334 g/mol. The van der Waals surface area contributed by atoms with Crippen LogP contribution in [0, 0.1) is 0 Å². The minimum Gasteiger partial charge on any atom is -0.369 e. The minimum absolute atomic E-state index is 0.251. The van der Waals surface area contributed by atoms with Crippen LogP contribution >= 0.6 is 0 Å². The first kappa shape index (κ1) is 19.2. The van der Waals surface area contributed by atoms with Crippen LogP contribution in [0.4, 0.5) is 0 Å². The van der Waals surface area contributed by atoms with Gasteiger partial charge in [-0.3, -0.25) is 0 Å². The van der Waals surface area contributed by atoms with Gasteiger partial charge in [-0.1, -0.05) is 73.8 Å². The second-order valence-electron chi connectivity index (χ2n) is 7.87. The molecule has 2 aromatic rings. The molecule has 1 heteroatoms. The summed E-state index contributed by atoms with van der Waals surface area (Å²) in [5.74, 6) is 0. The lowest BCUT2D eigenvalue weighted by Gasteiger charge is -2.36. The molecule has 0 amide bonds. The number of hydrogen-bond donors (Lipinski definition) is 0. The summed E-state index contributed by atoms with van der Waals surface area (Å²) < 4.78 is 6.53. The summed E-state index contributed by atoms with van der Waals surface area (Å²) in [4.78, 5) is 0. The van der Waals surface area contributed by atoms with Crippen LogP contribution < -0.4 is 0 Å². The van der Waals surface area contributed by atoms with Gasteiger partial charge in [0.2, 0.25) is 0 Å². The molecule has 0 aliphatic rings. The highest BCUT2D eigenvalue weighted by Crippen LogP contribution is 2.27. The van der Waals surface area contributed by atoms with Gasteiger partial charge in [0.1, 0.15) is 0 Å². The molecule has 0 saturated carbocycles. The summed E-state index contributed by atoms with van der Waals surface area (Å²) in [6.07, 6.45) is 5.50. The van der Waals surface area contributed by atoms with Crippen molar-refractivity contribution in [3.63, 3.8) is 0 Å². The molecule has 0 aliphatic heterocycles. The van der Waals surface area contributed by atoms with Gasteiger partial charge >= 0.3 is 0 Å². The SMILES string of the molecule is C=Cc1cccc(CC(C)(C)OC(C)(C)Cc2cccc(C=C)c2)c1. The van der Waals surface area contributed by atoms with E-state index in [0.717, 1.165) is 24.0 Å². The van der Waals surface area contributed by atoms with Crippen molar-refractivity contribution >= 4 is 12.2 Å². The van der Waals surface area contributed by atoms with E-state index in [0.29, 0.717) is 0 Å². The Morgan fingerprint density at radius 3 is 1.52 bits per heavy atom. The standard InChI is InChI=1S/C24H30O/c1-7-19-11-9-13-21(15-19)17-23(3,4)25-24(5,6)18-22-14-10-12-20(8-2)16-22/h7-16H,1-2,17-18H2,3-6H3. The van der Waals surface area contributed by atoms with Crippen molar-refractivity contribution < 1.29 is 4.74 Å². The lowest BCUT2D eigenvalue weighted by Crippen LogP contribution is -2.40. The third kappa shape index (κ3) is 6.03. The number of hydrogen-bond acceptors (Lipinski definition) is 1. The van der Waals surface area contributed by atoms with Crippen LogP contribution in [0.1, 0.15) is 49.9 Å². The van der Waals surface area contributed by atoms with E-state index < -0.39 is 0 Å². The smallest absolute Gasteiger partial charge is 0.0674 e. The summed E-state index contributed by atoms with van der Waals surface area (Å²) in [5, 5.41) is 0.